The summed E-state index contributed by atoms with van der Waals surface area (Å²) in [5.74, 6) is 0.845. The molecule has 0 atom stereocenters. The van der Waals surface area contributed by atoms with E-state index in [4.69, 9.17) is 0 Å². The predicted molar refractivity (Wildman–Crippen MR) is 97.0 cm³/mol. The van der Waals surface area contributed by atoms with Gasteiger partial charge in [0.05, 0.1) is 11.6 Å². The lowest BCUT2D eigenvalue weighted by atomic mass is 9.98. The van der Waals surface area contributed by atoms with Gasteiger partial charge in [0.1, 0.15) is 0 Å². The number of rotatable bonds is 3. The molecule has 2 nitrogen and oxygen atoms in total. The van der Waals surface area contributed by atoms with Crippen molar-refractivity contribution in [3.8, 4) is 6.07 Å². The van der Waals surface area contributed by atoms with Crippen LogP contribution < -0.4 is 4.90 Å². The minimum absolute atomic E-state index is 0.699. The van der Waals surface area contributed by atoms with E-state index >= 15 is 0 Å². The number of piperidine rings is 1. The highest BCUT2D eigenvalue weighted by atomic mass is 15.1. The number of allylic oxidation sites excluding steroid dienone is 1. The molecule has 2 aromatic carbocycles. The second-order valence-electron chi connectivity index (χ2n) is 6.30. The second-order valence-corrected chi connectivity index (χ2v) is 6.30. The van der Waals surface area contributed by atoms with Gasteiger partial charge in [0.15, 0.2) is 0 Å². The lowest BCUT2D eigenvalue weighted by Crippen LogP contribution is -2.32. The quantitative estimate of drug-likeness (QED) is 0.590. The molecular formula is C21H22N2. The zero-order chi connectivity index (χ0) is 16.1. The Morgan fingerprint density at radius 3 is 2.30 bits per heavy atom. The second kappa shape index (κ2) is 7.15. The van der Waals surface area contributed by atoms with E-state index in [9.17, 15) is 5.26 Å². The van der Waals surface area contributed by atoms with Crippen molar-refractivity contribution in [1.29, 1.82) is 5.26 Å². The molecular weight excluding hydrogens is 280 g/mol. The molecule has 1 aliphatic rings. The van der Waals surface area contributed by atoms with Crippen molar-refractivity contribution >= 4 is 17.3 Å². The molecule has 2 aromatic rings. The van der Waals surface area contributed by atoms with E-state index in [1.54, 1.807) is 0 Å². The number of hydrogen-bond acceptors (Lipinski definition) is 2. The van der Waals surface area contributed by atoms with E-state index in [2.05, 4.69) is 42.2 Å². The summed E-state index contributed by atoms with van der Waals surface area (Å²) in [5.41, 5.74) is 4.01. The van der Waals surface area contributed by atoms with Crippen molar-refractivity contribution < 1.29 is 0 Å². The van der Waals surface area contributed by atoms with Crippen LogP contribution in [0.4, 0.5) is 5.69 Å². The minimum atomic E-state index is 0.699. The third kappa shape index (κ3) is 3.81. The highest BCUT2D eigenvalue weighted by Gasteiger charge is 2.15. The first kappa shape index (κ1) is 15.4. The Bertz CT molecular complexity index is 700. The zero-order valence-corrected chi connectivity index (χ0v) is 13.6. The summed E-state index contributed by atoms with van der Waals surface area (Å²) in [6, 6.07) is 20.7. The Morgan fingerprint density at radius 1 is 1.04 bits per heavy atom. The molecule has 1 fully saturated rings. The van der Waals surface area contributed by atoms with Gasteiger partial charge in [0.2, 0.25) is 0 Å². The van der Waals surface area contributed by atoms with Crippen LogP contribution in [0.1, 0.15) is 30.9 Å². The van der Waals surface area contributed by atoms with E-state index in [1.807, 2.05) is 36.4 Å². The normalized spacial score (nSPS) is 16.2. The first-order chi connectivity index (χ1) is 11.3. The molecule has 116 valence electrons. The van der Waals surface area contributed by atoms with Crippen LogP contribution in [0.3, 0.4) is 0 Å². The Labute approximate surface area is 138 Å². The molecule has 0 amide bonds. The van der Waals surface area contributed by atoms with Crippen molar-refractivity contribution in [2.45, 2.75) is 19.8 Å². The van der Waals surface area contributed by atoms with Crippen LogP contribution in [-0.2, 0) is 0 Å². The number of anilines is 1. The molecule has 0 spiro atoms. The summed E-state index contributed by atoms with van der Waals surface area (Å²) in [7, 11) is 0. The van der Waals surface area contributed by atoms with Gasteiger partial charge in [-0.25, -0.2) is 0 Å². The minimum Gasteiger partial charge on any atom is -0.372 e. The summed E-state index contributed by atoms with van der Waals surface area (Å²) >= 11 is 0. The van der Waals surface area contributed by atoms with Gasteiger partial charge in [-0.1, -0.05) is 49.4 Å². The average molecular weight is 302 g/mol. The number of nitrogens with zero attached hydrogens (tertiary/aromatic N) is 2. The van der Waals surface area contributed by atoms with Gasteiger partial charge in [0.25, 0.3) is 0 Å². The van der Waals surface area contributed by atoms with Gasteiger partial charge < -0.3 is 4.90 Å². The van der Waals surface area contributed by atoms with Crippen molar-refractivity contribution in [3.05, 3.63) is 65.7 Å². The SMILES string of the molecule is CC1CCN(c2ccc(/C=C(\C#N)c3ccccc3)cc2)CC1. The van der Waals surface area contributed by atoms with Crippen LogP contribution in [0.5, 0.6) is 0 Å². The molecule has 0 aromatic heterocycles. The van der Waals surface area contributed by atoms with Crippen LogP contribution >= 0.6 is 0 Å². The van der Waals surface area contributed by atoms with Crippen molar-refractivity contribution in [3.63, 3.8) is 0 Å². The van der Waals surface area contributed by atoms with Gasteiger partial charge in [0, 0.05) is 18.8 Å². The molecule has 0 aliphatic carbocycles. The van der Waals surface area contributed by atoms with E-state index < -0.39 is 0 Å². The van der Waals surface area contributed by atoms with Crippen LogP contribution in [0, 0.1) is 17.2 Å². The summed E-state index contributed by atoms with van der Waals surface area (Å²) in [6.45, 7) is 4.62. The van der Waals surface area contributed by atoms with Crippen molar-refractivity contribution in [2.75, 3.05) is 18.0 Å². The van der Waals surface area contributed by atoms with E-state index in [1.165, 1.54) is 18.5 Å². The van der Waals surface area contributed by atoms with Crippen LogP contribution in [0.2, 0.25) is 0 Å². The molecule has 0 saturated carbocycles. The topological polar surface area (TPSA) is 27.0 Å². The Morgan fingerprint density at radius 2 is 1.70 bits per heavy atom. The van der Waals surface area contributed by atoms with Crippen LogP contribution in [0.25, 0.3) is 11.6 Å². The van der Waals surface area contributed by atoms with Crippen LogP contribution in [-0.4, -0.2) is 13.1 Å². The van der Waals surface area contributed by atoms with E-state index in [-0.39, 0.29) is 0 Å². The molecule has 0 bridgehead atoms. The monoisotopic (exact) mass is 302 g/mol. The molecule has 0 radical (unpaired) electrons. The van der Waals surface area contributed by atoms with Gasteiger partial charge in [-0.2, -0.15) is 5.26 Å². The Kier molecular flexibility index (Phi) is 4.78. The maximum absolute atomic E-state index is 9.40. The fourth-order valence-electron chi connectivity index (χ4n) is 3.01. The standard InChI is InChI=1S/C21H22N2/c1-17-11-13-23(14-12-17)21-9-7-18(8-10-21)15-20(16-22)19-5-3-2-4-6-19/h2-10,15,17H,11-14H2,1H3/b20-15+. The first-order valence-corrected chi connectivity index (χ1v) is 8.28. The number of nitriles is 1. The van der Waals surface area contributed by atoms with Crippen molar-refractivity contribution in [1.82, 2.24) is 0 Å². The van der Waals surface area contributed by atoms with Crippen molar-refractivity contribution in [2.24, 2.45) is 5.92 Å². The lowest BCUT2D eigenvalue weighted by Gasteiger charge is -2.32. The maximum atomic E-state index is 9.40. The highest BCUT2D eigenvalue weighted by Crippen LogP contribution is 2.24. The van der Waals surface area contributed by atoms with Gasteiger partial charge in [-0.15, -0.1) is 0 Å². The highest BCUT2D eigenvalue weighted by molar-refractivity contribution is 5.89. The number of benzene rings is 2. The summed E-state index contributed by atoms with van der Waals surface area (Å²) < 4.78 is 0. The maximum Gasteiger partial charge on any atom is 0.0998 e. The molecule has 3 rings (SSSR count). The molecule has 0 N–H and O–H groups in total. The zero-order valence-electron chi connectivity index (χ0n) is 13.6. The molecule has 23 heavy (non-hydrogen) atoms. The summed E-state index contributed by atoms with van der Waals surface area (Å²) in [4.78, 5) is 2.45. The third-order valence-corrected chi connectivity index (χ3v) is 4.56. The predicted octanol–water partition coefficient (Wildman–Crippen LogP) is 4.99. The molecule has 1 aliphatic heterocycles. The van der Waals surface area contributed by atoms with Gasteiger partial charge >= 0.3 is 0 Å². The Hall–Kier alpha value is -2.53. The molecule has 1 heterocycles. The third-order valence-electron chi connectivity index (χ3n) is 4.56. The largest absolute Gasteiger partial charge is 0.372 e. The van der Waals surface area contributed by atoms with Gasteiger partial charge in [-0.3, -0.25) is 0 Å². The fourth-order valence-corrected chi connectivity index (χ4v) is 3.01. The molecule has 2 heteroatoms. The molecule has 0 unspecified atom stereocenters. The van der Waals surface area contributed by atoms with E-state index in [0.29, 0.717) is 5.57 Å². The lowest BCUT2D eigenvalue weighted by molar-refractivity contribution is 0.438. The fraction of sp³-hybridized carbons (Fsp3) is 0.286. The van der Waals surface area contributed by atoms with E-state index in [0.717, 1.165) is 30.1 Å². The summed E-state index contributed by atoms with van der Waals surface area (Å²) in [6.07, 6.45) is 4.50. The van der Waals surface area contributed by atoms with Gasteiger partial charge in [-0.05, 0) is 48.1 Å². The van der Waals surface area contributed by atoms with Crippen LogP contribution in [0.15, 0.2) is 54.6 Å². The smallest absolute Gasteiger partial charge is 0.0998 e. The summed E-state index contributed by atoms with van der Waals surface area (Å²) in [5, 5.41) is 9.40. The molecule has 1 saturated heterocycles. The first-order valence-electron chi connectivity index (χ1n) is 8.28. The Balaban J connectivity index is 1.77. The number of hydrogen-bond donors (Lipinski definition) is 0. The average Bonchev–Trinajstić information content (AvgIpc) is 2.62.